The number of rotatable bonds is 5. The van der Waals surface area contributed by atoms with E-state index >= 15 is 0 Å². The molecule has 1 aromatic rings. The third-order valence-electron chi connectivity index (χ3n) is 1.79. The van der Waals surface area contributed by atoms with E-state index in [9.17, 15) is 9.59 Å². The Hall–Kier alpha value is -1.00. The monoisotopic (exact) mass is 258 g/mol. The van der Waals surface area contributed by atoms with E-state index in [2.05, 4.69) is 4.74 Å². The summed E-state index contributed by atoms with van der Waals surface area (Å²) in [5.41, 5.74) is 0. The summed E-state index contributed by atoms with van der Waals surface area (Å²) in [6.45, 7) is 0. The van der Waals surface area contributed by atoms with Crippen LogP contribution < -0.4 is 0 Å². The van der Waals surface area contributed by atoms with Crippen molar-refractivity contribution in [2.75, 3.05) is 12.9 Å². The number of thioether (sulfide) groups is 1. The van der Waals surface area contributed by atoms with Crippen molar-refractivity contribution in [3.63, 3.8) is 0 Å². The van der Waals surface area contributed by atoms with Crippen LogP contribution in [0.15, 0.2) is 29.2 Å². The minimum absolute atomic E-state index is 0.170. The fraction of sp³-hybridized carbons (Fsp3) is 0.273. The first-order chi connectivity index (χ1) is 7.63. The fourth-order valence-electron chi connectivity index (χ4n) is 1.00. The third-order valence-corrected chi connectivity index (χ3v) is 3.37. The van der Waals surface area contributed by atoms with Crippen molar-refractivity contribution in [3.05, 3.63) is 29.3 Å². The van der Waals surface area contributed by atoms with Gasteiger partial charge in [-0.2, -0.15) is 0 Å². The van der Waals surface area contributed by atoms with Crippen molar-refractivity contribution < 1.29 is 14.3 Å². The molecule has 0 bridgehead atoms. The van der Waals surface area contributed by atoms with Crippen molar-refractivity contribution in [1.29, 1.82) is 0 Å². The number of hydrogen-bond donors (Lipinski definition) is 0. The smallest absolute Gasteiger partial charge is 0.313 e. The Balaban J connectivity index is 2.43. The standard InChI is InChI=1S/C11H11ClO3S/c1-15-11(14)6-8(13)7-16-10-5-3-2-4-9(10)12/h2-5H,6-7H2,1H3. The molecule has 3 nitrogen and oxygen atoms in total. The average molecular weight is 259 g/mol. The summed E-state index contributed by atoms with van der Waals surface area (Å²) in [6.07, 6.45) is -0.187. The topological polar surface area (TPSA) is 43.4 Å². The van der Waals surface area contributed by atoms with E-state index in [1.807, 2.05) is 18.2 Å². The van der Waals surface area contributed by atoms with Crippen LogP contribution in [0.3, 0.4) is 0 Å². The molecule has 0 heterocycles. The molecule has 0 unspecified atom stereocenters. The van der Waals surface area contributed by atoms with Gasteiger partial charge in [0.25, 0.3) is 0 Å². The first-order valence-corrected chi connectivity index (χ1v) is 5.95. The van der Waals surface area contributed by atoms with Crippen LogP contribution in [0.2, 0.25) is 5.02 Å². The highest BCUT2D eigenvalue weighted by Crippen LogP contribution is 2.26. The van der Waals surface area contributed by atoms with E-state index in [-0.39, 0.29) is 18.0 Å². The molecule has 0 spiro atoms. The maximum atomic E-state index is 11.3. The molecule has 5 heteroatoms. The number of hydrogen-bond acceptors (Lipinski definition) is 4. The molecule has 0 aromatic heterocycles. The molecular formula is C11H11ClO3S. The van der Waals surface area contributed by atoms with Crippen molar-refractivity contribution >= 4 is 35.1 Å². The number of ketones is 1. The zero-order chi connectivity index (χ0) is 12.0. The second kappa shape index (κ2) is 6.55. The number of halogens is 1. The van der Waals surface area contributed by atoms with Gasteiger partial charge in [-0.1, -0.05) is 23.7 Å². The molecule has 0 atom stereocenters. The van der Waals surface area contributed by atoms with Gasteiger partial charge in [-0.05, 0) is 12.1 Å². The maximum Gasteiger partial charge on any atom is 0.313 e. The van der Waals surface area contributed by atoms with E-state index in [0.717, 1.165) is 4.90 Å². The Morgan fingerprint density at radius 1 is 1.38 bits per heavy atom. The molecule has 16 heavy (non-hydrogen) atoms. The molecule has 0 saturated heterocycles. The normalized spacial score (nSPS) is 9.88. The quantitative estimate of drug-likeness (QED) is 0.463. The number of methoxy groups -OCH3 is 1. The highest BCUT2D eigenvalue weighted by molar-refractivity contribution is 8.00. The number of carbonyl (C=O) groups is 2. The zero-order valence-corrected chi connectivity index (χ0v) is 10.3. The van der Waals surface area contributed by atoms with Gasteiger partial charge in [-0.25, -0.2) is 0 Å². The lowest BCUT2D eigenvalue weighted by atomic mass is 10.3. The summed E-state index contributed by atoms with van der Waals surface area (Å²) in [7, 11) is 1.26. The van der Waals surface area contributed by atoms with E-state index in [4.69, 9.17) is 11.6 Å². The lowest BCUT2D eigenvalue weighted by molar-refractivity contribution is -0.142. The van der Waals surface area contributed by atoms with Gasteiger partial charge in [0, 0.05) is 4.90 Å². The summed E-state index contributed by atoms with van der Waals surface area (Å²) in [4.78, 5) is 23.0. The predicted molar refractivity (Wildman–Crippen MR) is 63.8 cm³/mol. The molecule has 86 valence electrons. The van der Waals surface area contributed by atoms with Gasteiger partial charge in [0.1, 0.15) is 6.42 Å². The summed E-state index contributed by atoms with van der Waals surface area (Å²) < 4.78 is 4.40. The van der Waals surface area contributed by atoms with Crippen LogP contribution in [0.4, 0.5) is 0 Å². The van der Waals surface area contributed by atoms with Gasteiger partial charge in [-0.15, -0.1) is 11.8 Å². The van der Waals surface area contributed by atoms with Crippen molar-refractivity contribution in [2.45, 2.75) is 11.3 Å². The first-order valence-electron chi connectivity index (χ1n) is 4.59. The summed E-state index contributed by atoms with van der Waals surface area (Å²) >= 11 is 7.24. The Kier molecular flexibility index (Phi) is 5.35. The highest BCUT2D eigenvalue weighted by atomic mass is 35.5. The number of esters is 1. The lowest BCUT2D eigenvalue weighted by Crippen LogP contribution is -2.10. The number of Topliss-reactive ketones (excluding diaryl/α,β-unsaturated/α-hetero) is 1. The van der Waals surface area contributed by atoms with Gasteiger partial charge < -0.3 is 4.74 Å². The minimum atomic E-state index is -0.509. The van der Waals surface area contributed by atoms with Gasteiger partial charge in [0.15, 0.2) is 5.78 Å². The second-order valence-corrected chi connectivity index (χ2v) is 4.44. The minimum Gasteiger partial charge on any atom is -0.469 e. The maximum absolute atomic E-state index is 11.3. The molecule has 0 N–H and O–H groups in total. The van der Waals surface area contributed by atoms with E-state index in [1.54, 1.807) is 6.07 Å². The molecule has 0 aliphatic rings. The second-order valence-electron chi connectivity index (χ2n) is 3.01. The van der Waals surface area contributed by atoms with Crippen LogP contribution in [-0.4, -0.2) is 24.6 Å². The van der Waals surface area contributed by atoms with Crippen molar-refractivity contribution in [1.82, 2.24) is 0 Å². The molecule has 0 fully saturated rings. The lowest BCUT2D eigenvalue weighted by Gasteiger charge is -2.02. The number of carbonyl (C=O) groups excluding carboxylic acids is 2. The summed E-state index contributed by atoms with van der Waals surface area (Å²) in [5.74, 6) is -0.458. The Labute approximate surface area is 103 Å². The van der Waals surface area contributed by atoms with E-state index in [1.165, 1.54) is 18.9 Å². The van der Waals surface area contributed by atoms with Crippen LogP contribution in [0.5, 0.6) is 0 Å². The van der Waals surface area contributed by atoms with Crippen molar-refractivity contribution in [3.8, 4) is 0 Å². The predicted octanol–water partition coefficient (Wildman–Crippen LogP) is 2.56. The molecule has 0 saturated carbocycles. The molecule has 1 aromatic carbocycles. The summed E-state index contributed by atoms with van der Waals surface area (Å²) in [6, 6.07) is 7.26. The van der Waals surface area contributed by atoms with Crippen LogP contribution in [0, 0.1) is 0 Å². The molecule has 0 radical (unpaired) electrons. The average Bonchev–Trinajstić information content (AvgIpc) is 2.28. The SMILES string of the molecule is COC(=O)CC(=O)CSc1ccccc1Cl. The van der Waals surface area contributed by atoms with Gasteiger partial charge in [-0.3, -0.25) is 9.59 Å². The van der Waals surface area contributed by atoms with Crippen LogP contribution >= 0.6 is 23.4 Å². The van der Waals surface area contributed by atoms with Gasteiger partial charge >= 0.3 is 5.97 Å². The van der Waals surface area contributed by atoms with Crippen LogP contribution in [0.1, 0.15) is 6.42 Å². The van der Waals surface area contributed by atoms with Gasteiger partial charge in [0.05, 0.1) is 17.9 Å². The third kappa shape index (κ3) is 4.24. The largest absolute Gasteiger partial charge is 0.469 e. The molecule has 0 aliphatic heterocycles. The van der Waals surface area contributed by atoms with Crippen molar-refractivity contribution in [2.24, 2.45) is 0 Å². The molecule has 0 aliphatic carbocycles. The molecule has 1 rings (SSSR count). The van der Waals surface area contributed by atoms with E-state index < -0.39 is 5.97 Å². The number of benzene rings is 1. The summed E-state index contributed by atoms with van der Waals surface area (Å²) in [5, 5.41) is 0.610. The molecular weight excluding hydrogens is 248 g/mol. The Morgan fingerprint density at radius 2 is 2.06 bits per heavy atom. The van der Waals surface area contributed by atoms with E-state index in [0.29, 0.717) is 5.02 Å². The Bertz CT molecular complexity index is 393. The van der Waals surface area contributed by atoms with Crippen LogP contribution in [-0.2, 0) is 14.3 Å². The zero-order valence-electron chi connectivity index (χ0n) is 8.73. The Morgan fingerprint density at radius 3 is 2.69 bits per heavy atom. The van der Waals surface area contributed by atoms with Crippen LogP contribution in [0.25, 0.3) is 0 Å². The van der Waals surface area contributed by atoms with Gasteiger partial charge in [0.2, 0.25) is 0 Å². The molecule has 0 amide bonds. The highest BCUT2D eigenvalue weighted by Gasteiger charge is 2.10. The first kappa shape index (κ1) is 13.1. The number of ether oxygens (including phenoxy) is 1. The fourth-order valence-corrected chi connectivity index (χ4v) is 2.10.